The van der Waals surface area contributed by atoms with Gasteiger partial charge in [0.25, 0.3) is 5.56 Å². The van der Waals surface area contributed by atoms with Crippen LogP contribution in [-0.2, 0) is 19.1 Å². The zero-order chi connectivity index (χ0) is 22.3. The molecule has 162 valence electrons. The number of nitrogens with one attached hydrogen (secondary N) is 1. The molecule has 13 heteroatoms. The van der Waals surface area contributed by atoms with Crippen molar-refractivity contribution in [2.24, 2.45) is 0 Å². The molecule has 1 aliphatic rings. The number of hydrogen-bond donors (Lipinski definition) is 1. The largest absolute Gasteiger partial charge is 0.438 e. The summed E-state index contributed by atoms with van der Waals surface area (Å²) in [5.74, 6) is -4.27. The number of H-pyrrole nitrogens is 1. The third-order valence-corrected chi connectivity index (χ3v) is 4.99. The Hall–Kier alpha value is -3.28. The van der Waals surface area contributed by atoms with Crippen LogP contribution in [0.4, 0.5) is 27.6 Å². The average molecular weight is 460 g/mol. The van der Waals surface area contributed by atoms with E-state index in [-0.39, 0.29) is 29.9 Å². The molecule has 1 aromatic carbocycles. The molecule has 0 atom stereocenters. The van der Waals surface area contributed by atoms with Crippen LogP contribution >= 0.6 is 11.6 Å². The van der Waals surface area contributed by atoms with Gasteiger partial charge in [-0.3, -0.25) is 4.79 Å². The van der Waals surface area contributed by atoms with Crippen LogP contribution in [0, 0.1) is 11.6 Å². The number of ether oxygens (including phenoxy) is 1. The molecule has 0 aliphatic carbocycles. The van der Waals surface area contributed by atoms with Crippen LogP contribution < -0.4 is 15.2 Å². The summed E-state index contributed by atoms with van der Waals surface area (Å²) in [4.78, 5) is 21.4. The Morgan fingerprint density at radius 2 is 1.90 bits per heavy atom. The number of nitrogens with zero attached hydrogens (tertiary/aromatic N) is 4. The third-order valence-electron chi connectivity index (χ3n) is 4.62. The maximum atomic E-state index is 13.6. The van der Waals surface area contributed by atoms with Crippen molar-refractivity contribution in [3.05, 3.63) is 68.5 Å². The Kier molecular flexibility index (Phi) is 5.25. The van der Waals surface area contributed by atoms with Gasteiger partial charge in [0.05, 0.1) is 24.1 Å². The predicted octanol–water partition coefficient (Wildman–Crippen LogP) is 3.87. The van der Waals surface area contributed by atoms with Crippen LogP contribution in [0.15, 0.2) is 29.5 Å². The first kappa shape index (κ1) is 21.0. The topological polar surface area (TPSA) is 84.0 Å². The van der Waals surface area contributed by atoms with Crippen LogP contribution in [0.2, 0.25) is 5.02 Å². The molecule has 1 aliphatic heterocycles. The summed E-state index contributed by atoms with van der Waals surface area (Å²) in [6.45, 7) is 0.439. The molecule has 1 N–H and O–H groups in total. The minimum Gasteiger partial charge on any atom is -0.438 e. The van der Waals surface area contributed by atoms with E-state index in [1.807, 2.05) is 0 Å². The molecule has 4 rings (SSSR count). The van der Waals surface area contributed by atoms with E-state index in [1.165, 1.54) is 6.20 Å². The molecule has 0 saturated carbocycles. The molecule has 0 unspecified atom stereocenters. The van der Waals surface area contributed by atoms with Crippen molar-refractivity contribution < 1.29 is 26.7 Å². The number of hydrogen-bond acceptors (Lipinski definition) is 6. The lowest BCUT2D eigenvalue weighted by molar-refractivity contribution is -0.138. The van der Waals surface area contributed by atoms with E-state index in [9.17, 15) is 26.7 Å². The van der Waals surface area contributed by atoms with Crippen molar-refractivity contribution in [3.63, 3.8) is 0 Å². The Morgan fingerprint density at radius 1 is 1.16 bits per heavy atom. The number of fused-ring (bicyclic) bond motifs is 1. The molecule has 7 nitrogen and oxygen atoms in total. The Morgan fingerprint density at radius 3 is 2.65 bits per heavy atom. The Balaban J connectivity index is 1.68. The highest BCUT2D eigenvalue weighted by atomic mass is 35.5. The highest BCUT2D eigenvalue weighted by Crippen LogP contribution is 2.40. The third kappa shape index (κ3) is 4.02. The van der Waals surface area contributed by atoms with Gasteiger partial charge in [-0.2, -0.15) is 18.3 Å². The molecule has 31 heavy (non-hydrogen) atoms. The van der Waals surface area contributed by atoms with Gasteiger partial charge in [-0.05, 0) is 12.5 Å². The fourth-order valence-corrected chi connectivity index (χ4v) is 3.36. The van der Waals surface area contributed by atoms with E-state index < -0.39 is 34.7 Å². The lowest BCUT2D eigenvalue weighted by Crippen LogP contribution is -2.33. The summed E-state index contributed by atoms with van der Waals surface area (Å²) in [6.07, 6.45) is -2.32. The van der Waals surface area contributed by atoms with Crippen molar-refractivity contribution in [1.82, 2.24) is 20.2 Å². The van der Waals surface area contributed by atoms with Crippen molar-refractivity contribution in [2.45, 2.75) is 19.1 Å². The maximum Gasteiger partial charge on any atom is 0.420 e. The number of benzene rings is 1. The van der Waals surface area contributed by atoms with Crippen LogP contribution in [-0.4, -0.2) is 26.7 Å². The van der Waals surface area contributed by atoms with Crippen LogP contribution in [0.1, 0.15) is 16.8 Å². The molecular formula is C18H11ClF5N5O2. The summed E-state index contributed by atoms with van der Waals surface area (Å²) < 4.78 is 72.0. The van der Waals surface area contributed by atoms with Gasteiger partial charge < -0.3 is 9.64 Å². The molecule has 0 bridgehead atoms. The smallest absolute Gasteiger partial charge is 0.420 e. The standard InChI is InChI=1S/C18H11ClF5N5O2/c19-15-13(5-27-28-16(15)30)29-2-1-8-12(6-29)25-7-26-17(8)31-14-4-11(21)10(20)3-9(14)18(22,23)24/h3-5,7H,1-2,6H2,(H,28,30). The van der Waals surface area contributed by atoms with Gasteiger partial charge in [-0.15, -0.1) is 0 Å². The highest BCUT2D eigenvalue weighted by Gasteiger charge is 2.36. The van der Waals surface area contributed by atoms with E-state index in [1.54, 1.807) is 4.90 Å². The molecule has 0 amide bonds. The van der Waals surface area contributed by atoms with Gasteiger partial charge in [0.1, 0.15) is 22.7 Å². The second kappa shape index (κ2) is 7.76. The van der Waals surface area contributed by atoms with E-state index in [0.29, 0.717) is 29.6 Å². The van der Waals surface area contributed by atoms with E-state index in [4.69, 9.17) is 16.3 Å². The lowest BCUT2D eigenvalue weighted by Gasteiger charge is -2.30. The number of alkyl halides is 3. The lowest BCUT2D eigenvalue weighted by atomic mass is 10.1. The summed E-state index contributed by atoms with van der Waals surface area (Å²) in [7, 11) is 0. The summed E-state index contributed by atoms with van der Waals surface area (Å²) >= 11 is 6.02. The minimum absolute atomic E-state index is 0.0297. The SMILES string of the molecule is O=c1[nH]ncc(N2CCc3c(ncnc3Oc3cc(F)c(F)cc3C(F)(F)F)C2)c1Cl. The second-order valence-corrected chi connectivity index (χ2v) is 6.91. The normalized spacial score (nSPS) is 13.8. The Bertz CT molecular complexity index is 1220. The molecule has 0 saturated heterocycles. The predicted molar refractivity (Wildman–Crippen MR) is 98.1 cm³/mol. The van der Waals surface area contributed by atoms with Crippen LogP contribution in [0.5, 0.6) is 11.6 Å². The van der Waals surface area contributed by atoms with Crippen molar-refractivity contribution in [2.75, 3.05) is 11.4 Å². The van der Waals surface area contributed by atoms with Gasteiger partial charge in [-0.25, -0.2) is 23.8 Å². The van der Waals surface area contributed by atoms with Gasteiger partial charge in [-0.1, -0.05) is 11.6 Å². The molecule has 2 aromatic heterocycles. The van der Waals surface area contributed by atoms with E-state index in [2.05, 4.69) is 20.2 Å². The zero-order valence-corrected chi connectivity index (χ0v) is 16.1. The molecule has 0 spiro atoms. The minimum atomic E-state index is -4.97. The first-order chi connectivity index (χ1) is 14.6. The molecular weight excluding hydrogens is 449 g/mol. The van der Waals surface area contributed by atoms with Gasteiger partial charge in [0.2, 0.25) is 5.88 Å². The molecule has 0 radical (unpaired) electrons. The fraction of sp³-hybridized carbons (Fsp3) is 0.222. The highest BCUT2D eigenvalue weighted by molar-refractivity contribution is 6.33. The molecule has 3 aromatic rings. The first-order valence-electron chi connectivity index (χ1n) is 8.70. The quantitative estimate of drug-likeness (QED) is 0.599. The number of halogens is 6. The first-order valence-corrected chi connectivity index (χ1v) is 9.08. The summed E-state index contributed by atoms with van der Waals surface area (Å²) in [5.41, 5.74) is -0.890. The number of anilines is 1. The number of rotatable bonds is 3. The summed E-state index contributed by atoms with van der Waals surface area (Å²) in [6, 6.07) is 0.353. The average Bonchev–Trinajstić information content (AvgIpc) is 2.71. The maximum absolute atomic E-state index is 13.6. The summed E-state index contributed by atoms with van der Waals surface area (Å²) in [5, 5.41) is 5.84. The zero-order valence-electron chi connectivity index (χ0n) is 15.3. The van der Waals surface area contributed by atoms with Crippen molar-refractivity contribution in [3.8, 4) is 11.6 Å². The van der Waals surface area contributed by atoms with E-state index >= 15 is 0 Å². The molecule has 0 fully saturated rings. The number of aromatic amines is 1. The van der Waals surface area contributed by atoms with Gasteiger partial charge >= 0.3 is 6.18 Å². The second-order valence-electron chi connectivity index (χ2n) is 6.54. The van der Waals surface area contributed by atoms with Crippen molar-refractivity contribution in [1.29, 1.82) is 0 Å². The van der Waals surface area contributed by atoms with Crippen LogP contribution in [0.25, 0.3) is 0 Å². The Labute approximate surface area is 175 Å². The monoisotopic (exact) mass is 459 g/mol. The van der Waals surface area contributed by atoms with Crippen LogP contribution in [0.3, 0.4) is 0 Å². The van der Waals surface area contributed by atoms with Gasteiger partial charge in [0, 0.05) is 18.2 Å². The van der Waals surface area contributed by atoms with Crippen molar-refractivity contribution >= 4 is 17.3 Å². The number of aromatic nitrogens is 4. The van der Waals surface area contributed by atoms with E-state index in [0.717, 1.165) is 6.33 Å². The van der Waals surface area contributed by atoms with Gasteiger partial charge in [0.15, 0.2) is 11.6 Å². The molecule has 3 heterocycles. The fourth-order valence-electron chi connectivity index (χ4n) is 3.15.